The van der Waals surface area contributed by atoms with Gasteiger partial charge in [0.25, 0.3) is 11.1 Å². The smallest absolute Gasteiger partial charge is 0.277 e. The second kappa shape index (κ2) is 7.65. The van der Waals surface area contributed by atoms with E-state index in [2.05, 4.69) is 15.5 Å². The number of para-hydroxylation sites is 1. The maximum atomic E-state index is 13.6. The summed E-state index contributed by atoms with van der Waals surface area (Å²) < 4.78 is 24.5. The quantitative estimate of drug-likeness (QED) is 0.803. The summed E-state index contributed by atoms with van der Waals surface area (Å²) in [5.74, 6) is -0.0827. The highest BCUT2D eigenvalue weighted by molar-refractivity contribution is 7.99. The minimum atomic E-state index is -0.604. The van der Waals surface area contributed by atoms with Crippen LogP contribution in [0.3, 0.4) is 0 Å². The van der Waals surface area contributed by atoms with E-state index >= 15 is 0 Å². The molecule has 0 aliphatic carbocycles. The van der Waals surface area contributed by atoms with Crippen LogP contribution in [0.1, 0.15) is 39.7 Å². The molecule has 2 rings (SSSR count). The topological polar surface area (TPSA) is 77.2 Å². The van der Waals surface area contributed by atoms with Gasteiger partial charge in [0.05, 0.1) is 5.75 Å². The van der Waals surface area contributed by atoms with E-state index in [0.29, 0.717) is 0 Å². The molecule has 0 fully saturated rings. The summed E-state index contributed by atoms with van der Waals surface area (Å²) in [4.78, 5) is 11.8. The summed E-state index contributed by atoms with van der Waals surface area (Å²) in [5, 5.41) is 10.8. The van der Waals surface area contributed by atoms with Crippen LogP contribution in [0.15, 0.2) is 33.9 Å². The molecule has 0 saturated carbocycles. The van der Waals surface area contributed by atoms with Gasteiger partial charge in [-0.1, -0.05) is 23.9 Å². The van der Waals surface area contributed by atoms with Gasteiger partial charge >= 0.3 is 0 Å². The van der Waals surface area contributed by atoms with E-state index in [-0.39, 0.29) is 34.1 Å². The molecule has 0 spiro atoms. The van der Waals surface area contributed by atoms with Crippen molar-refractivity contribution in [2.24, 2.45) is 0 Å². The summed E-state index contributed by atoms with van der Waals surface area (Å²) in [6, 6.07) is 6.09. The average molecular weight is 353 g/mol. The first kappa shape index (κ1) is 18.3. The van der Waals surface area contributed by atoms with Crippen molar-refractivity contribution in [2.75, 3.05) is 5.75 Å². The first-order valence-electron chi connectivity index (χ1n) is 7.43. The van der Waals surface area contributed by atoms with Crippen molar-refractivity contribution in [2.45, 2.75) is 44.6 Å². The Balaban J connectivity index is 1.90. The Bertz CT molecular complexity index is 700. The number of hydrogen-bond donors (Lipinski definition) is 1. The van der Waals surface area contributed by atoms with Crippen LogP contribution in [0, 0.1) is 5.82 Å². The molecule has 0 bridgehead atoms. The first-order valence-corrected chi connectivity index (χ1v) is 8.41. The van der Waals surface area contributed by atoms with Crippen molar-refractivity contribution in [3.05, 3.63) is 36.0 Å². The average Bonchev–Trinajstić information content (AvgIpc) is 2.95. The number of aromatic nitrogens is 2. The first-order chi connectivity index (χ1) is 11.2. The molecule has 8 heteroatoms. The van der Waals surface area contributed by atoms with E-state index in [9.17, 15) is 9.18 Å². The summed E-state index contributed by atoms with van der Waals surface area (Å²) in [6.45, 7) is 7.40. The Morgan fingerprint density at radius 2 is 2.08 bits per heavy atom. The third-order valence-electron chi connectivity index (χ3n) is 2.75. The Kier molecular flexibility index (Phi) is 5.82. The Hall–Kier alpha value is -2.09. The van der Waals surface area contributed by atoms with Crippen LogP contribution in [-0.4, -0.2) is 27.4 Å². The summed E-state index contributed by atoms with van der Waals surface area (Å²) in [6.07, 6.45) is -0.604. The zero-order valence-corrected chi connectivity index (χ0v) is 14.8. The molecule has 1 amide bonds. The fourth-order valence-corrected chi connectivity index (χ4v) is 2.38. The number of rotatable bonds is 6. The number of nitrogens with one attached hydrogen (secondary N) is 1. The number of nitrogens with zero attached hydrogens (tertiary/aromatic N) is 2. The molecule has 0 radical (unpaired) electrons. The van der Waals surface area contributed by atoms with Gasteiger partial charge in [-0.15, -0.1) is 10.2 Å². The van der Waals surface area contributed by atoms with E-state index in [1.807, 2.05) is 20.8 Å². The van der Waals surface area contributed by atoms with Gasteiger partial charge in [0, 0.05) is 5.54 Å². The summed E-state index contributed by atoms with van der Waals surface area (Å²) >= 11 is 1.13. The minimum Gasteiger partial charge on any atom is -0.478 e. The van der Waals surface area contributed by atoms with Crippen LogP contribution in [0.5, 0.6) is 5.75 Å². The number of thioether (sulfide) groups is 1. The van der Waals surface area contributed by atoms with E-state index in [1.54, 1.807) is 19.1 Å². The third kappa shape index (κ3) is 5.52. The van der Waals surface area contributed by atoms with Crippen molar-refractivity contribution in [3.63, 3.8) is 0 Å². The lowest BCUT2D eigenvalue weighted by Crippen LogP contribution is -2.41. The zero-order valence-electron chi connectivity index (χ0n) is 14.0. The van der Waals surface area contributed by atoms with E-state index in [1.165, 1.54) is 12.1 Å². The lowest BCUT2D eigenvalue weighted by molar-refractivity contribution is -0.119. The molecule has 1 N–H and O–H groups in total. The maximum absolute atomic E-state index is 13.6. The summed E-state index contributed by atoms with van der Waals surface area (Å²) in [5.41, 5.74) is -0.292. The Morgan fingerprint density at radius 1 is 1.38 bits per heavy atom. The van der Waals surface area contributed by atoms with E-state index in [0.717, 1.165) is 11.8 Å². The molecular formula is C16H20FN3O3S. The van der Waals surface area contributed by atoms with Gasteiger partial charge < -0.3 is 14.5 Å². The van der Waals surface area contributed by atoms with Crippen molar-refractivity contribution in [1.82, 2.24) is 15.5 Å². The highest BCUT2D eigenvalue weighted by Gasteiger charge is 2.19. The molecule has 0 aliphatic rings. The molecule has 2 aromatic rings. The molecule has 0 saturated heterocycles. The van der Waals surface area contributed by atoms with Gasteiger partial charge in [-0.3, -0.25) is 4.79 Å². The molecule has 24 heavy (non-hydrogen) atoms. The number of halogens is 1. The number of hydrogen-bond acceptors (Lipinski definition) is 6. The molecule has 1 atom stereocenters. The molecule has 1 heterocycles. The molecule has 1 aromatic carbocycles. The predicted octanol–water partition coefficient (Wildman–Crippen LogP) is 3.36. The maximum Gasteiger partial charge on any atom is 0.277 e. The highest BCUT2D eigenvalue weighted by Crippen LogP contribution is 2.25. The van der Waals surface area contributed by atoms with Crippen molar-refractivity contribution in [1.29, 1.82) is 0 Å². The van der Waals surface area contributed by atoms with Crippen LogP contribution < -0.4 is 10.1 Å². The van der Waals surface area contributed by atoms with Crippen LogP contribution in [0.4, 0.5) is 4.39 Å². The van der Waals surface area contributed by atoms with Crippen molar-refractivity contribution < 1.29 is 18.3 Å². The number of amides is 1. The lowest BCUT2D eigenvalue weighted by Gasteiger charge is -2.19. The van der Waals surface area contributed by atoms with Gasteiger partial charge in [-0.2, -0.15) is 0 Å². The van der Waals surface area contributed by atoms with Crippen LogP contribution >= 0.6 is 11.8 Å². The van der Waals surface area contributed by atoms with E-state index in [4.69, 9.17) is 9.15 Å². The highest BCUT2D eigenvalue weighted by atomic mass is 32.2. The molecular weight excluding hydrogens is 333 g/mol. The minimum absolute atomic E-state index is 0.113. The van der Waals surface area contributed by atoms with Gasteiger partial charge in [-0.25, -0.2) is 4.39 Å². The molecule has 6 nitrogen and oxygen atoms in total. The van der Waals surface area contributed by atoms with Gasteiger partial charge in [0.1, 0.15) is 0 Å². The second-order valence-electron chi connectivity index (χ2n) is 6.18. The standard InChI is InChI=1S/C16H20FN3O3S/c1-10(22-12-8-6-5-7-11(12)17)14-19-20-15(23-14)24-9-13(21)18-16(2,3)4/h5-8,10H,9H2,1-4H3,(H,18,21)/t10-/m0/s1. The summed E-state index contributed by atoms with van der Waals surface area (Å²) in [7, 11) is 0. The van der Waals surface area contributed by atoms with Gasteiger partial charge in [0.15, 0.2) is 17.7 Å². The number of carbonyl (C=O) groups is 1. The van der Waals surface area contributed by atoms with Crippen molar-refractivity contribution in [3.8, 4) is 5.75 Å². The molecule has 0 unspecified atom stereocenters. The second-order valence-corrected chi connectivity index (χ2v) is 7.11. The SMILES string of the molecule is C[C@H](Oc1ccccc1F)c1nnc(SCC(=O)NC(C)(C)C)o1. The van der Waals surface area contributed by atoms with E-state index < -0.39 is 11.9 Å². The number of ether oxygens (including phenoxy) is 1. The molecule has 130 valence electrons. The van der Waals surface area contributed by atoms with Gasteiger partial charge in [-0.05, 0) is 39.8 Å². The third-order valence-corrected chi connectivity index (χ3v) is 3.57. The fraction of sp³-hybridized carbons (Fsp3) is 0.438. The van der Waals surface area contributed by atoms with Crippen molar-refractivity contribution >= 4 is 17.7 Å². The Morgan fingerprint density at radius 3 is 2.75 bits per heavy atom. The fourth-order valence-electron chi connectivity index (χ4n) is 1.81. The normalized spacial score (nSPS) is 12.7. The van der Waals surface area contributed by atoms with Gasteiger partial charge in [0.2, 0.25) is 5.91 Å². The zero-order chi connectivity index (χ0) is 17.7. The molecule has 1 aromatic heterocycles. The van der Waals surface area contributed by atoms with Crippen LogP contribution in [0.25, 0.3) is 0 Å². The number of carbonyl (C=O) groups excluding carboxylic acids is 1. The number of benzene rings is 1. The monoisotopic (exact) mass is 353 g/mol. The lowest BCUT2D eigenvalue weighted by atomic mass is 10.1. The van der Waals surface area contributed by atoms with Crippen LogP contribution in [0.2, 0.25) is 0 Å². The predicted molar refractivity (Wildman–Crippen MR) is 88.4 cm³/mol. The van der Waals surface area contributed by atoms with Crippen LogP contribution in [-0.2, 0) is 4.79 Å². The molecule has 0 aliphatic heterocycles. The Labute approximate surface area is 144 Å². The largest absolute Gasteiger partial charge is 0.478 e.